The minimum atomic E-state index is -0.167. The monoisotopic (exact) mass is 319 g/mol. The third kappa shape index (κ3) is 4.26. The maximum atomic E-state index is 9.43. The molecule has 0 heterocycles. The highest BCUT2D eigenvalue weighted by molar-refractivity contribution is 7.80. The molecule has 0 spiro atoms. The highest BCUT2D eigenvalue weighted by Crippen LogP contribution is 2.25. The fourth-order valence-corrected chi connectivity index (χ4v) is 2.27. The molecule has 0 aliphatic carbocycles. The van der Waals surface area contributed by atoms with Gasteiger partial charge in [0.05, 0.1) is 4.99 Å². The lowest BCUT2D eigenvalue weighted by Crippen LogP contribution is -2.25. The van der Waals surface area contributed by atoms with Gasteiger partial charge in [0.2, 0.25) is 0 Å². The Morgan fingerprint density at radius 1 is 0.818 bits per heavy atom. The summed E-state index contributed by atoms with van der Waals surface area (Å²) in [4.78, 5) is 0.619. The van der Waals surface area contributed by atoms with Gasteiger partial charge in [-0.15, -0.1) is 0 Å². The van der Waals surface area contributed by atoms with Crippen molar-refractivity contribution in [1.82, 2.24) is 5.32 Å². The predicted molar refractivity (Wildman–Crippen MR) is 87.6 cm³/mol. The molecule has 0 atom stereocenters. The first-order valence-electron chi connectivity index (χ1n) is 6.74. The second-order valence-electron chi connectivity index (χ2n) is 4.92. The normalized spacial score (nSPS) is 10.4. The molecule has 22 heavy (non-hydrogen) atoms. The Balaban J connectivity index is 1.82. The van der Waals surface area contributed by atoms with Crippen LogP contribution >= 0.6 is 12.2 Å². The van der Waals surface area contributed by atoms with Gasteiger partial charge < -0.3 is 25.7 Å². The maximum absolute atomic E-state index is 9.43. The molecule has 2 rings (SSSR count). The number of hydrogen-bond acceptors (Lipinski definition) is 5. The van der Waals surface area contributed by atoms with Crippen molar-refractivity contribution in [2.75, 3.05) is 6.54 Å². The zero-order valence-corrected chi connectivity index (χ0v) is 12.6. The Kier molecular flexibility index (Phi) is 5.06. The van der Waals surface area contributed by atoms with Crippen molar-refractivity contribution < 1.29 is 20.4 Å². The van der Waals surface area contributed by atoms with Crippen LogP contribution in [0.4, 0.5) is 0 Å². The number of thiocarbonyl (C=S) groups is 1. The van der Waals surface area contributed by atoms with Gasteiger partial charge in [0.15, 0.2) is 23.0 Å². The molecule has 0 aromatic heterocycles. The van der Waals surface area contributed by atoms with Crippen LogP contribution in [0.3, 0.4) is 0 Å². The van der Waals surface area contributed by atoms with E-state index in [1.165, 1.54) is 24.3 Å². The predicted octanol–water partition coefficient (Wildman–Crippen LogP) is 2.21. The zero-order valence-electron chi connectivity index (χ0n) is 11.8. The smallest absolute Gasteiger partial charge is 0.157 e. The topological polar surface area (TPSA) is 93.0 Å². The fraction of sp³-hybridized carbons (Fsp3) is 0.188. The van der Waals surface area contributed by atoms with E-state index in [0.29, 0.717) is 24.4 Å². The van der Waals surface area contributed by atoms with Crippen LogP contribution in [-0.2, 0) is 12.8 Å². The number of hydrogen-bond donors (Lipinski definition) is 5. The van der Waals surface area contributed by atoms with E-state index in [-0.39, 0.29) is 23.0 Å². The second-order valence-corrected chi connectivity index (χ2v) is 5.42. The van der Waals surface area contributed by atoms with Gasteiger partial charge in [-0.2, -0.15) is 0 Å². The van der Waals surface area contributed by atoms with Gasteiger partial charge >= 0.3 is 0 Å². The quantitative estimate of drug-likeness (QED) is 0.429. The summed E-state index contributed by atoms with van der Waals surface area (Å²) >= 11 is 5.23. The van der Waals surface area contributed by atoms with E-state index in [0.717, 1.165) is 11.1 Å². The van der Waals surface area contributed by atoms with Crippen molar-refractivity contribution >= 4 is 17.2 Å². The lowest BCUT2D eigenvalue weighted by atomic mass is 10.1. The van der Waals surface area contributed by atoms with Crippen molar-refractivity contribution in [2.24, 2.45) is 0 Å². The molecule has 0 aliphatic heterocycles. The van der Waals surface area contributed by atoms with Crippen LogP contribution in [0.5, 0.6) is 23.0 Å². The first-order chi connectivity index (χ1) is 10.5. The van der Waals surface area contributed by atoms with E-state index in [4.69, 9.17) is 12.2 Å². The number of benzene rings is 2. The van der Waals surface area contributed by atoms with Crippen LogP contribution in [0.2, 0.25) is 0 Å². The minimum Gasteiger partial charge on any atom is -0.504 e. The third-order valence-corrected chi connectivity index (χ3v) is 3.47. The average molecular weight is 319 g/mol. The first kappa shape index (κ1) is 15.9. The summed E-state index contributed by atoms with van der Waals surface area (Å²) in [6.45, 7) is 0.590. The highest BCUT2D eigenvalue weighted by Gasteiger charge is 2.04. The SMILES string of the molecule is Oc1ccc(CCNC(=S)Cc2ccc(O)c(O)c2)cc1O. The number of nitrogens with one attached hydrogen (secondary N) is 1. The van der Waals surface area contributed by atoms with Crippen molar-refractivity contribution in [3.05, 3.63) is 47.5 Å². The number of phenolic OH excluding ortho intramolecular Hbond substituents is 4. The summed E-state index contributed by atoms with van der Waals surface area (Å²) in [7, 11) is 0. The Labute approximate surface area is 133 Å². The van der Waals surface area contributed by atoms with Gasteiger partial charge in [0.1, 0.15) is 0 Å². The molecule has 5 nitrogen and oxygen atoms in total. The molecule has 2 aromatic rings. The molecule has 0 bridgehead atoms. The van der Waals surface area contributed by atoms with Gasteiger partial charge in [0.25, 0.3) is 0 Å². The van der Waals surface area contributed by atoms with E-state index in [2.05, 4.69) is 5.32 Å². The van der Waals surface area contributed by atoms with E-state index < -0.39 is 0 Å². The highest BCUT2D eigenvalue weighted by atomic mass is 32.1. The number of phenols is 4. The van der Waals surface area contributed by atoms with Gasteiger partial charge in [0, 0.05) is 13.0 Å². The van der Waals surface area contributed by atoms with Crippen molar-refractivity contribution in [2.45, 2.75) is 12.8 Å². The molecular weight excluding hydrogens is 302 g/mol. The maximum Gasteiger partial charge on any atom is 0.157 e. The first-order valence-corrected chi connectivity index (χ1v) is 7.15. The number of rotatable bonds is 5. The zero-order chi connectivity index (χ0) is 16.1. The van der Waals surface area contributed by atoms with Gasteiger partial charge in [-0.05, 0) is 41.8 Å². The van der Waals surface area contributed by atoms with Crippen LogP contribution in [0.15, 0.2) is 36.4 Å². The van der Waals surface area contributed by atoms with Gasteiger partial charge in [-0.1, -0.05) is 24.4 Å². The molecule has 0 amide bonds. The third-order valence-electron chi connectivity index (χ3n) is 3.18. The molecule has 0 saturated carbocycles. The van der Waals surface area contributed by atoms with Gasteiger partial charge in [-0.25, -0.2) is 0 Å². The summed E-state index contributed by atoms with van der Waals surface area (Å²) in [5.74, 6) is -0.603. The van der Waals surface area contributed by atoms with Crippen LogP contribution in [0.1, 0.15) is 11.1 Å². The molecular formula is C16H17NO4S. The lowest BCUT2D eigenvalue weighted by molar-refractivity contribution is 0.403. The Bertz CT molecular complexity index is 688. The largest absolute Gasteiger partial charge is 0.504 e. The molecule has 0 fully saturated rings. The fourth-order valence-electron chi connectivity index (χ4n) is 2.00. The van der Waals surface area contributed by atoms with Crippen molar-refractivity contribution in [3.63, 3.8) is 0 Å². The van der Waals surface area contributed by atoms with Crippen LogP contribution in [0, 0.1) is 0 Å². The summed E-state index contributed by atoms with van der Waals surface area (Å²) in [5.41, 5.74) is 1.68. The number of aromatic hydroxyl groups is 4. The molecule has 0 saturated heterocycles. The van der Waals surface area contributed by atoms with E-state index in [9.17, 15) is 20.4 Å². The molecule has 0 unspecified atom stereocenters. The molecule has 2 aromatic carbocycles. The molecule has 5 N–H and O–H groups in total. The lowest BCUT2D eigenvalue weighted by Gasteiger charge is -2.09. The van der Waals surface area contributed by atoms with E-state index in [1.54, 1.807) is 12.1 Å². The summed E-state index contributed by atoms with van der Waals surface area (Å²) in [5, 5.41) is 40.4. The molecule has 0 aliphatic rings. The summed E-state index contributed by atoms with van der Waals surface area (Å²) in [6, 6.07) is 9.28. The Morgan fingerprint density at radius 2 is 1.36 bits per heavy atom. The summed E-state index contributed by atoms with van der Waals surface area (Å²) in [6.07, 6.45) is 1.11. The van der Waals surface area contributed by atoms with Crippen LogP contribution in [-0.4, -0.2) is 32.0 Å². The standard InChI is InChI=1S/C16H17NO4S/c18-12-3-1-10(7-14(12)20)5-6-17-16(22)9-11-2-4-13(19)15(21)8-11/h1-4,7-8,18-21H,5-6,9H2,(H,17,22). The summed E-state index contributed by atoms with van der Waals surface area (Å²) < 4.78 is 0. The average Bonchev–Trinajstić information content (AvgIpc) is 2.47. The molecule has 6 heteroatoms. The van der Waals surface area contributed by atoms with Crippen LogP contribution < -0.4 is 5.32 Å². The Morgan fingerprint density at radius 3 is 1.95 bits per heavy atom. The molecule has 0 radical (unpaired) electrons. The van der Waals surface area contributed by atoms with Crippen molar-refractivity contribution in [3.8, 4) is 23.0 Å². The minimum absolute atomic E-state index is 0.139. The molecule has 116 valence electrons. The second kappa shape index (κ2) is 7.00. The van der Waals surface area contributed by atoms with E-state index >= 15 is 0 Å². The van der Waals surface area contributed by atoms with Crippen LogP contribution in [0.25, 0.3) is 0 Å². The Hall–Kier alpha value is -2.47. The van der Waals surface area contributed by atoms with Gasteiger partial charge in [-0.3, -0.25) is 0 Å². The van der Waals surface area contributed by atoms with E-state index in [1.807, 2.05) is 0 Å². The van der Waals surface area contributed by atoms with Crippen molar-refractivity contribution in [1.29, 1.82) is 0 Å².